The van der Waals surface area contributed by atoms with E-state index in [4.69, 9.17) is 9.15 Å². The van der Waals surface area contributed by atoms with E-state index in [-0.39, 0.29) is 29.4 Å². The summed E-state index contributed by atoms with van der Waals surface area (Å²) in [7, 11) is 0. The first-order valence-corrected chi connectivity index (χ1v) is 7.83. The summed E-state index contributed by atoms with van der Waals surface area (Å²) in [5, 5.41) is 18.9. The van der Waals surface area contributed by atoms with E-state index >= 15 is 0 Å². The highest BCUT2D eigenvalue weighted by Gasteiger charge is 2.10. The van der Waals surface area contributed by atoms with Gasteiger partial charge < -0.3 is 19.4 Å². The number of furan rings is 1. The molecule has 0 amide bonds. The van der Waals surface area contributed by atoms with Gasteiger partial charge in [0.2, 0.25) is 0 Å². The summed E-state index contributed by atoms with van der Waals surface area (Å²) in [5.74, 6) is -1.87. The van der Waals surface area contributed by atoms with Crippen molar-refractivity contribution in [1.82, 2.24) is 0 Å². The maximum atomic E-state index is 13.5. The van der Waals surface area contributed by atoms with E-state index in [2.05, 4.69) is 0 Å². The molecule has 0 saturated heterocycles. The van der Waals surface area contributed by atoms with Crippen LogP contribution < -0.4 is 4.74 Å². The standard InChI is InChI=1S/C20H14F2O5/c21-12-1-8-20(17(22)9-12)26-11-15-4-3-14(27-15)5-7-18(24)16-6-2-13(23)10-19(16)25/h1-10,23,25H,11H2/b7-5+. The number of hydrogen-bond acceptors (Lipinski definition) is 5. The van der Waals surface area contributed by atoms with Gasteiger partial charge in [-0.2, -0.15) is 0 Å². The van der Waals surface area contributed by atoms with Crippen LogP contribution in [0.4, 0.5) is 8.78 Å². The number of phenolic OH excluding ortho intramolecular Hbond substituents is 2. The predicted octanol–water partition coefficient (Wildman–Crippen LogP) is 4.44. The molecule has 7 heteroatoms. The van der Waals surface area contributed by atoms with Crippen molar-refractivity contribution in [2.24, 2.45) is 0 Å². The number of carbonyl (C=O) groups is 1. The number of ether oxygens (including phenoxy) is 1. The maximum Gasteiger partial charge on any atom is 0.189 e. The van der Waals surface area contributed by atoms with E-state index in [0.717, 1.165) is 18.2 Å². The summed E-state index contributed by atoms with van der Waals surface area (Å²) in [6.07, 6.45) is 2.60. The summed E-state index contributed by atoms with van der Waals surface area (Å²) in [6.45, 7) is -0.0803. The molecule has 2 N–H and O–H groups in total. The van der Waals surface area contributed by atoms with Crippen LogP contribution in [0.25, 0.3) is 6.08 Å². The molecule has 2 aromatic carbocycles. The van der Waals surface area contributed by atoms with Gasteiger partial charge in [0.25, 0.3) is 0 Å². The lowest BCUT2D eigenvalue weighted by atomic mass is 10.1. The molecule has 0 bridgehead atoms. The Balaban J connectivity index is 1.63. The average Bonchev–Trinajstić information content (AvgIpc) is 3.07. The molecular weight excluding hydrogens is 358 g/mol. The maximum absolute atomic E-state index is 13.5. The molecule has 0 aliphatic heterocycles. The molecule has 0 unspecified atom stereocenters. The van der Waals surface area contributed by atoms with Gasteiger partial charge in [0.1, 0.15) is 35.4 Å². The van der Waals surface area contributed by atoms with Gasteiger partial charge in [-0.3, -0.25) is 4.79 Å². The molecule has 138 valence electrons. The van der Waals surface area contributed by atoms with Gasteiger partial charge in [-0.15, -0.1) is 0 Å². The fourth-order valence-electron chi connectivity index (χ4n) is 2.28. The second-order valence-corrected chi connectivity index (χ2v) is 5.57. The SMILES string of the molecule is O=C(/C=C/c1ccc(COc2ccc(F)cc2F)o1)c1ccc(O)cc1O. The Hall–Kier alpha value is -3.61. The summed E-state index contributed by atoms with van der Waals surface area (Å²) in [5.41, 5.74) is 0.0333. The van der Waals surface area contributed by atoms with E-state index in [1.54, 1.807) is 12.1 Å². The monoisotopic (exact) mass is 372 g/mol. The van der Waals surface area contributed by atoms with Crippen molar-refractivity contribution < 1.29 is 32.9 Å². The Kier molecular flexibility index (Phi) is 5.21. The first kappa shape index (κ1) is 18.2. The number of rotatable bonds is 6. The number of benzene rings is 2. The number of hydrogen-bond donors (Lipinski definition) is 2. The number of aromatic hydroxyl groups is 2. The van der Waals surface area contributed by atoms with Crippen molar-refractivity contribution in [3.8, 4) is 17.2 Å². The van der Waals surface area contributed by atoms with Gasteiger partial charge in [0, 0.05) is 12.1 Å². The van der Waals surface area contributed by atoms with Gasteiger partial charge in [0.15, 0.2) is 17.3 Å². The molecule has 0 aliphatic rings. The van der Waals surface area contributed by atoms with Gasteiger partial charge in [-0.25, -0.2) is 8.78 Å². The molecule has 1 aromatic heterocycles. The summed E-state index contributed by atoms with van der Waals surface area (Å²) in [4.78, 5) is 12.1. The van der Waals surface area contributed by atoms with E-state index < -0.39 is 17.4 Å². The second kappa shape index (κ2) is 7.74. The van der Waals surface area contributed by atoms with Crippen molar-refractivity contribution in [1.29, 1.82) is 0 Å². The van der Waals surface area contributed by atoms with Crippen molar-refractivity contribution in [2.45, 2.75) is 6.61 Å². The van der Waals surface area contributed by atoms with Gasteiger partial charge in [0.05, 0.1) is 5.56 Å². The lowest BCUT2D eigenvalue weighted by Crippen LogP contribution is -1.96. The van der Waals surface area contributed by atoms with Crippen molar-refractivity contribution in [2.75, 3.05) is 0 Å². The smallest absolute Gasteiger partial charge is 0.189 e. The summed E-state index contributed by atoms with van der Waals surface area (Å²) >= 11 is 0. The highest BCUT2D eigenvalue weighted by molar-refractivity contribution is 6.08. The van der Waals surface area contributed by atoms with Crippen LogP contribution in [-0.2, 0) is 6.61 Å². The van der Waals surface area contributed by atoms with E-state index in [9.17, 15) is 23.8 Å². The van der Waals surface area contributed by atoms with Gasteiger partial charge in [-0.1, -0.05) is 0 Å². The van der Waals surface area contributed by atoms with Crippen LogP contribution in [0, 0.1) is 11.6 Å². The van der Waals surface area contributed by atoms with E-state index in [1.165, 1.54) is 30.4 Å². The molecule has 5 nitrogen and oxygen atoms in total. The topological polar surface area (TPSA) is 79.9 Å². The highest BCUT2D eigenvalue weighted by atomic mass is 19.1. The molecule has 0 atom stereocenters. The fourth-order valence-corrected chi connectivity index (χ4v) is 2.28. The zero-order valence-corrected chi connectivity index (χ0v) is 13.9. The van der Waals surface area contributed by atoms with Crippen LogP contribution in [0.2, 0.25) is 0 Å². The Bertz CT molecular complexity index is 1010. The number of allylic oxidation sites excluding steroid dienone is 1. The predicted molar refractivity (Wildman–Crippen MR) is 92.5 cm³/mol. The molecule has 0 radical (unpaired) electrons. The average molecular weight is 372 g/mol. The lowest BCUT2D eigenvalue weighted by molar-refractivity contribution is 0.104. The molecular formula is C20H14F2O5. The van der Waals surface area contributed by atoms with Crippen LogP contribution in [0.1, 0.15) is 21.9 Å². The molecule has 0 saturated carbocycles. The van der Waals surface area contributed by atoms with Gasteiger partial charge >= 0.3 is 0 Å². The first-order chi connectivity index (χ1) is 12.9. The third kappa shape index (κ3) is 4.52. The zero-order chi connectivity index (χ0) is 19.4. The number of phenols is 2. The van der Waals surface area contributed by atoms with Crippen LogP contribution in [-0.4, -0.2) is 16.0 Å². The third-order valence-electron chi connectivity index (χ3n) is 3.59. The van der Waals surface area contributed by atoms with Crippen molar-refractivity contribution >= 4 is 11.9 Å². The third-order valence-corrected chi connectivity index (χ3v) is 3.59. The Morgan fingerprint density at radius 3 is 2.63 bits per heavy atom. The number of carbonyl (C=O) groups excluding carboxylic acids is 1. The largest absolute Gasteiger partial charge is 0.508 e. The minimum atomic E-state index is -0.819. The van der Waals surface area contributed by atoms with Crippen molar-refractivity contribution in [3.05, 3.63) is 83.3 Å². The Morgan fingerprint density at radius 1 is 1.07 bits per heavy atom. The minimum absolute atomic E-state index is 0.0333. The molecule has 0 fully saturated rings. The quantitative estimate of drug-likeness (QED) is 0.494. The van der Waals surface area contributed by atoms with Crippen LogP contribution >= 0.6 is 0 Å². The molecule has 27 heavy (non-hydrogen) atoms. The molecule has 3 rings (SSSR count). The van der Waals surface area contributed by atoms with Crippen LogP contribution in [0.5, 0.6) is 17.2 Å². The van der Waals surface area contributed by atoms with E-state index in [1.807, 2.05) is 0 Å². The number of halogens is 2. The normalized spacial score (nSPS) is 11.0. The zero-order valence-electron chi connectivity index (χ0n) is 13.9. The Labute approximate surface area is 152 Å². The first-order valence-electron chi connectivity index (χ1n) is 7.83. The molecule has 1 heterocycles. The second-order valence-electron chi connectivity index (χ2n) is 5.57. The Morgan fingerprint density at radius 2 is 1.89 bits per heavy atom. The number of ketones is 1. The lowest BCUT2D eigenvalue weighted by Gasteiger charge is -2.05. The molecule has 3 aromatic rings. The van der Waals surface area contributed by atoms with Crippen LogP contribution in [0.3, 0.4) is 0 Å². The van der Waals surface area contributed by atoms with Crippen molar-refractivity contribution in [3.63, 3.8) is 0 Å². The molecule has 0 spiro atoms. The fraction of sp³-hybridized carbons (Fsp3) is 0.0500. The highest BCUT2D eigenvalue weighted by Crippen LogP contribution is 2.24. The van der Waals surface area contributed by atoms with Crippen LogP contribution in [0.15, 0.2) is 59.0 Å². The van der Waals surface area contributed by atoms with E-state index in [0.29, 0.717) is 11.5 Å². The summed E-state index contributed by atoms with van der Waals surface area (Å²) < 4.78 is 37.0. The van der Waals surface area contributed by atoms with Gasteiger partial charge in [-0.05, 0) is 48.6 Å². The minimum Gasteiger partial charge on any atom is -0.508 e. The molecule has 0 aliphatic carbocycles. The summed E-state index contributed by atoms with van der Waals surface area (Å²) in [6, 6.07) is 9.81.